The van der Waals surface area contributed by atoms with Crippen LogP contribution in [-0.4, -0.2) is 65.8 Å². The highest BCUT2D eigenvalue weighted by Crippen LogP contribution is 2.25. The van der Waals surface area contributed by atoms with Gasteiger partial charge in [0.2, 0.25) is 0 Å². The Labute approximate surface area is 227 Å². The quantitative estimate of drug-likeness (QED) is 0.295. The number of nitriles is 1. The molecule has 10 heteroatoms. The molecule has 1 aliphatic rings. The molecule has 4 aromatic rings. The third kappa shape index (κ3) is 6.64. The van der Waals surface area contributed by atoms with Crippen LogP contribution in [-0.2, 0) is 11.2 Å². The Morgan fingerprint density at radius 2 is 1.92 bits per heavy atom. The van der Waals surface area contributed by atoms with E-state index in [1.54, 1.807) is 6.07 Å². The van der Waals surface area contributed by atoms with Crippen LogP contribution in [0.1, 0.15) is 24.0 Å². The predicted molar refractivity (Wildman–Crippen MR) is 149 cm³/mol. The lowest BCUT2D eigenvalue weighted by molar-refractivity contribution is 0.187. The van der Waals surface area contributed by atoms with Crippen molar-refractivity contribution in [1.82, 2.24) is 19.9 Å². The lowest BCUT2D eigenvalue weighted by Gasteiger charge is -2.36. The monoisotopic (exact) mass is 525 g/mol. The maximum Gasteiger partial charge on any atom is 0.412 e. The van der Waals surface area contributed by atoms with Crippen LogP contribution in [0.25, 0.3) is 10.9 Å². The van der Waals surface area contributed by atoms with Gasteiger partial charge in [0, 0.05) is 55.2 Å². The summed E-state index contributed by atoms with van der Waals surface area (Å²) in [5.74, 6) is 0.917. The Hall–Kier alpha value is -4.62. The van der Waals surface area contributed by atoms with Gasteiger partial charge >= 0.3 is 12.1 Å². The van der Waals surface area contributed by atoms with Crippen molar-refractivity contribution in [3.63, 3.8) is 0 Å². The molecule has 39 heavy (non-hydrogen) atoms. The number of aromatic nitrogens is 3. The van der Waals surface area contributed by atoms with Gasteiger partial charge in [0.05, 0.1) is 18.7 Å². The van der Waals surface area contributed by atoms with Crippen LogP contribution in [0.2, 0.25) is 0 Å². The molecule has 0 radical (unpaired) electrons. The van der Waals surface area contributed by atoms with Crippen LogP contribution in [0.4, 0.5) is 16.3 Å². The number of benzene rings is 2. The van der Waals surface area contributed by atoms with E-state index in [9.17, 15) is 10.1 Å². The van der Waals surface area contributed by atoms with E-state index in [0.717, 1.165) is 68.6 Å². The fraction of sp³-hybridized carbons (Fsp3) is 0.310. The number of fused-ring (bicyclic) bond motifs is 1. The van der Waals surface area contributed by atoms with Gasteiger partial charge in [-0.3, -0.25) is 10.2 Å². The van der Waals surface area contributed by atoms with Crippen LogP contribution in [0, 0.1) is 11.3 Å². The molecule has 200 valence electrons. The number of ether oxygens (including phenoxy) is 2. The van der Waals surface area contributed by atoms with Gasteiger partial charge in [-0.25, -0.2) is 9.78 Å². The first-order chi connectivity index (χ1) is 19.1. The predicted octanol–water partition coefficient (Wildman–Crippen LogP) is 4.95. The van der Waals surface area contributed by atoms with Gasteiger partial charge in [-0.05, 0) is 79.9 Å². The van der Waals surface area contributed by atoms with E-state index in [1.165, 1.54) is 18.9 Å². The number of methoxy groups -OCH3 is 1. The van der Waals surface area contributed by atoms with Gasteiger partial charge in [-0.1, -0.05) is 0 Å². The fourth-order valence-corrected chi connectivity index (χ4v) is 4.78. The Kier molecular flexibility index (Phi) is 8.19. The summed E-state index contributed by atoms with van der Waals surface area (Å²) < 4.78 is 10.3. The fourth-order valence-electron chi connectivity index (χ4n) is 4.78. The average Bonchev–Trinajstić information content (AvgIpc) is 3.38. The number of anilines is 2. The van der Waals surface area contributed by atoms with Gasteiger partial charge in [0.25, 0.3) is 0 Å². The zero-order valence-corrected chi connectivity index (χ0v) is 21.9. The maximum atomic E-state index is 11.4. The molecular weight excluding hydrogens is 494 g/mol. The number of piperazine rings is 1. The van der Waals surface area contributed by atoms with Crippen molar-refractivity contribution in [2.45, 2.75) is 19.3 Å². The molecule has 1 fully saturated rings. The van der Waals surface area contributed by atoms with Crippen LogP contribution < -0.4 is 15.0 Å². The summed E-state index contributed by atoms with van der Waals surface area (Å²) in [7, 11) is 1.29. The van der Waals surface area contributed by atoms with Crippen molar-refractivity contribution < 1.29 is 14.3 Å². The van der Waals surface area contributed by atoms with Crippen LogP contribution in [0.3, 0.4) is 0 Å². The molecule has 1 amide bonds. The third-order valence-electron chi connectivity index (χ3n) is 6.90. The highest BCUT2D eigenvalue weighted by Gasteiger charge is 2.17. The van der Waals surface area contributed by atoms with E-state index >= 15 is 0 Å². The molecule has 1 saturated heterocycles. The molecule has 10 nitrogen and oxygen atoms in total. The Morgan fingerprint density at radius 3 is 2.69 bits per heavy atom. The number of unbranched alkanes of at least 4 members (excludes halogenated alkanes) is 1. The maximum absolute atomic E-state index is 11.4. The summed E-state index contributed by atoms with van der Waals surface area (Å²) in [5, 5.41) is 12.8. The molecule has 3 heterocycles. The van der Waals surface area contributed by atoms with Crippen molar-refractivity contribution >= 4 is 28.5 Å². The highest BCUT2D eigenvalue weighted by atomic mass is 16.5. The third-order valence-corrected chi connectivity index (χ3v) is 6.90. The minimum absolute atomic E-state index is 0.141. The summed E-state index contributed by atoms with van der Waals surface area (Å²) in [4.78, 5) is 27.9. The number of hydrogen-bond donors (Lipinski definition) is 2. The second-order valence-corrected chi connectivity index (χ2v) is 9.41. The van der Waals surface area contributed by atoms with E-state index in [4.69, 9.17) is 4.74 Å². The van der Waals surface area contributed by atoms with Gasteiger partial charge in [0.15, 0.2) is 0 Å². The van der Waals surface area contributed by atoms with Gasteiger partial charge in [-0.2, -0.15) is 10.2 Å². The molecular formula is C29H31N7O3. The molecule has 2 N–H and O–H groups in total. The van der Waals surface area contributed by atoms with Crippen molar-refractivity contribution in [1.29, 1.82) is 5.26 Å². The molecule has 0 spiro atoms. The average molecular weight is 526 g/mol. The van der Waals surface area contributed by atoms with Crippen molar-refractivity contribution in [3.8, 4) is 17.8 Å². The van der Waals surface area contributed by atoms with E-state index in [0.29, 0.717) is 17.1 Å². The summed E-state index contributed by atoms with van der Waals surface area (Å²) in [6, 6.07) is 17.6. The lowest BCUT2D eigenvalue weighted by Crippen LogP contribution is -2.46. The number of aryl methyl sites for hydroxylation is 1. The zero-order chi connectivity index (χ0) is 27.0. The number of nitrogens with zero attached hydrogens (tertiary/aromatic N) is 5. The van der Waals surface area contributed by atoms with E-state index in [-0.39, 0.29) is 6.01 Å². The lowest BCUT2D eigenvalue weighted by atomic mass is 10.1. The second-order valence-electron chi connectivity index (χ2n) is 9.41. The molecule has 5 rings (SSSR count). The number of carbonyl (C=O) groups is 1. The molecule has 0 atom stereocenters. The first-order valence-electron chi connectivity index (χ1n) is 13.0. The first kappa shape index (κ1) is 26.0. The standard InChI is InChI=1S/C29H31N7O3/c1-38-29(37)34-27-11-12-31-28(33-27)39-24-8-6-23(7-9-24)36-16-14-35(15-17-36)13-3-2-4-22-20-32-26-10-5-21(19-30)18-25(22)26/h5-12,18,20,32H,2-4,13-17H2,1H3,(H,31,33,34,37). The molecule has 0 aliphatic carbocycles. The normalized spacial score (nSPS) is 13.7. The van der Waals surface area contributed by atoms with Gasteiger partial charge in [-0.15, -0.1) is 0 Å². The zero-order valence-electron chi connectivity index (χ0n) is 21.9. The number of hydrogen-bond acceptors (Lipinski definition) is 8. The van der Waals surface area contributed by atoms with Gasteiger partial charge in [0.1, 0.15) is 11.6 Å². The number of amides is 1. The van der Waals surface area contributed by atoms with Gasteiger partial charge < -0.3 is 19.4 Å². The molecule has 0 unspecified atom stereocenters. The first-order valence-corrected chi connectivity index (χ1v) is 13.0. The smallest absolute Gasteiger partial charge is 0.412 e. The Balaban J connectivity index is 1.05. The van der Waals surface area contributed by atoms with E-state index in [1.807, 2.05) is 42.5 Å². The van der Waals surface area contributed by atoms with Crippen LogP contribution in [0.5, 0.6) is 11.8 Å². The minimum atomic E-state index is -0.606. The summed E-state index contributed by atoms with van der Waals surface area (Å²) in [6.07, 6.45) is 6.26. The molecule has 0 bridgehead atoms. The number of nitrogens with one attached hydrogen (secondary N) is 2. The number of H-pyrrole nitrogens is 1. The summed E-state index contributed by atoms with van der Waals surface area (Å²) in [5.41, 5.74) is 4.24. The molecule has 1 aliphatic heterocycles. The van der Waals surface area contributed by atoms with Crippen LogP contribution >= 0.6 is 0 Å². The number of aromatic amines is 1. The van der Waals surface area contributed by atoms with Crippen molar-refractivity contribution in [2.75, 3.05) is 50.1 Å². The van der Waals surface area contributed by atoms with Crippen molar-refractivity contribution in [2.24, 2.45) is 0 Å². The minimum Gasteiger partial charge on any atom is -0.453 e. The molecule has 2 aromatic heterocycles. The van der Waals surface area contributed by atoms with Crippen LogP contribution in [0.15, 0.2) is 60.9 Å². The number of rotatable bonds is 9. The number of carbonyl (C=O) groups excluding carboxylic acids is 1. The topological polar surface area (TPSA) is 119 Å². The summed E-state index contributed by atoms with van der Waals surface area (Å²) in [6.45, 7) is 5.11. The highest BCUT2D eigenvalue weighted by molar-refractivity contribution is 5.84. The molecule has 2 aromatic carbocycles. The SMILES string of the molecule is COC(=O)Nc1ccnc(Oc2ccc(N3CCN(CCCCc4c[nH]c5ccc(C#N)cc45)CC3)cc2)n1. The Bertz CT molecular complexity index is 1450. The summed E-state index contributed by atoms with van der Waals surface area (Å²) >= 11 is 0. The van der Waals surface area contributed by atoms with Crippen molar-refractivity contribution in [3.05, 3.63) is 72.1 Å². The molecule has 0 saturated carbocycles. The Morgan fingerprint density at radius 1 is 1.10 bits per heavy atom. The largest absolute Gasteiger partial charge is 0.453 e. The second kappa shape index (κ2) is 12.3. The van der Waals surface area contributed by atoms with E-state index < -0.39 is 6.09 Å². The van der Waals surface area contributed by atoms with E-state index in [2.05, 4.69) is 47.1 Å².